The zero-order chi connectivity index (χ0) is 12.5. The number of H-pyrrole nitrogens is 1. The van der Waals surface area contributed by atoms with Gasteiger partial charge in [-0.05, 0) is 25.1 Å². The number of Topliss-reactive ketones (excluding diaryl/α,β-unsaturated/α-hetero) is 1. The molecular weight excluding hydrogens is 228 g/mol. The predicted molar refractivity (Wildman–Crippen MR) is 70.1 cm³/mol. The van der Waals surface area contributed by atoms with Gasteiger partial charge in [-0.3, -0.25) is 9.79 Å². The predicted octanol–water partition coefficient (Wildman–Crippen LogP) is 1.45. The highest BCUT2D eigenvalue weighted by Crippen LogP contribution is 2.15. The molecule has 2 aromatic rings. The normalized spacial score (nSPS) is 14.6. The quantitative estimate of drug-likeness (QED) is 0.800. The van der Waals surface area contributed by atoms with E-state index in [1.54, 1.807) is 0 Å². The molecule has 0 unspecified atom stereocenters. The molecule has 0 saturated carbocycles. The first-order valence-corrected chi connectivity index (χ1v) is 5.99. The van der Waals surface area contributed by atoms with Crippen molar-refractivity contribution < 1.29 is 4.79 Å². The molecule has 92 valence electrons. The van der Waals surface area contributed by atoms with Gasteiger partial charge in [0.15, 0.2) is 5.78 Å². The van der Waals surface area contributed by atoms with Gasteiger partial charge >= 0.3 is 0 Å². The van der Waals surface area contributed by atoms with Gasteiger partial charge in [0.1, 0.15) is 11.7 Å². The monoisotopic (exact) mass is 242 g/mol. The number of aromatic amines is 1. The number of nitrogens with one attached hydrogen (secondary N) is 2. The van der Waals surface area contributed by atoms with E-state index in [-0.39, 0.29) is 5.78 Å². The number of fused-ring (bicyclic) bond motifs is 1. The molecule has 2 heterocycles. The minimum Gasteiger partial charge on any atom is -0.372 e. The third-order valence-electron chi connectivity index (χ3n) is 2.99. The maximum absolute atomic E-state index is 12.1. The number of benzene rings is 1. The van der Waals surface area contributed by atoms with E-state index in [9.17, 15) is 4.79 Å². The van der Waals surface area contributed by atoms with E-state index >= 15 is 0 Å². The molecule has 0 saturated heterocycles. The molecule has 3 rings (SSSR count). The number of aryl methyl sites for hydroxylation is 1. The lowest BCUT2D eigenvalue weighted by Gasteiger charge is -2.02. The molecule has 2 N–H and O–H groups in total. The fourth-order valence-corrected chi connectivity index (χ4v) is 2.13. The molecule has 0 atom stereocenters. The highest BCUT2D eigenvalue weighted by Gasteiger charge is 2.13. The minimum absolute atomic E-state index is 0.0808. The summed E-state index contributed by atoms with van der Waals surface area (Å²) in [5.74, 6) is 1.73. The standard InChI is InChI=1S/C13H14N4O/c1-8-16-10-3-2-9(6-11(10)17-8)12(18)7-13-14-4-5-15-13/h2-3,6H,4-5,7H2,1H3,(H,14,15)(H,16,17). The molecule has 0 aliphatic carbocycles. The number of aliphatic imine (C=N–C) groups is 1. The number of hydrogen-bond acceptors (Lipinski definition) is 4. The van der Waals surface area contributed by atoms with Gasteiger partial charge in [0.25, 0.3) is 0 Å². The van der Waals surface area contributed by atoms with Crippen molar-refractivity contribution in [2.75, 3.05) is 13.1 Å². The van der Waals surface area contributed by atoms with E-state index in [1.807, 2.05) is 25.1 Å². The third kappa shape index (κ3) is 1.99. The molecule has 5 heteroatoms. The number of amidine groups is 1. The lowest BCUT2D eigenvalue weighted by Crippen LogP contribution is -2.21. The molecule has 1 aliphatic rings. The molecule has 0 amide bonds. The Kier molecular flexibility index (Phi) is 2.59. The maximum atomic E-state index is 12.1. The van der Waals surface area contributed by atoms with Crippen LogP contribution in [0.4, 0.5) is 0 Å². The lowest BCUT2D eigenvalue weighted by molar-refractivity contribution is 0.1000. The molecule has 0 fully saturated rings. The zero-order valence-corrected chi connectivity index (χ0v) is 10.2. The average molecular weight is 242 g/mol. The van der Waals surface area contributed by atoms with Crippen LogP contribution in [0, 0.1) is 6.92 Å². The van der Waals surface area contributed by atoms with Gasteiger partial charge in [-0.1, -0.05) is 0 Å². The fourth-order valence-electron chi connectivity index (χ4n) is 2.13. The fraction of sp³-hybridized carbons (Fsp3) is 0.308. The van der Waals surface area contributed by atoms with E-state index in [0.717, 1.165) is 35.8 Å². The SMILES string of the molecule is Cc1nc2ccc(C(=O)CC3=NCCN3)cc2[nH]1. The average Bonchev–Trinajstić information content (AvgIpc) is 2.95. The van der Waals surface area contributed by atoms with Crippen LogP contribution in [0.5, 0.6) is 0 Å². The van der Waals surface area contributed by atoms with Crippen molar-refractivity contribution in [3.63, 3.8) is 0 Å². The maximum Gasteiger partial charge on any atom is 0.170 e. The smallest absolute Gasteiger partial charge is 0.170 e. The van der Waals surface area contributed by atoms with Crippen LogP contribution < -0.4 is 5.32 Å². The second kappa shape index (κ2) is 4.25. The van der Waals surface area contributed by atoms with Crippen LogP contribution in [0.2, 0.25) is 0 Å². The first-order chi connectivity index (χ1) is 8.72. The number of hydrogen-bond donors (Lipinski definition) is 2. The summed E-state index contributed by atoms with van der Waals surface area (Å²) in [5.41, 5.74) is 2.49. The second-order valence-corrected chi connectivity index (χ2v) is 4.41. The number of ketones is 1. The Morgan fingerprint density at radius 1 is 1.44 bits per heavy atom. The van der Waals surface area contributed by atoms with Crippen LogP contribution in [0.3, 0.4) is 0 Å². The molecule has 1 aliphatic heterocycles. The van der Waals surface area contributed by atoms with E-state index in [0.29, 0.717) is 12.0 Å². The lowest BCUT2D eigenvalue weighted by atomic mass is 10.1. The summed E-state index contributed by atoms with van der Waals surface area (Å²) in [7, 11) is 0. The van der Waals surface area contributed by atoms with E-state index in [1.165, 1.54) is 0 Å². The van der Waals surface area contributed by atoms with Crippen LogP contribution in [-0.2, 0) is 0 Å². The minimum atomic E-state index is 0.0808. The number of carbonyl (C=O) groups excluding carboxylic acids is 1. The first kappa shape index (κ1) is 11.0. The summed E-state index contributed by atoms with van der Waals surface area (Å²) in [6, 6.07) is 5.55. The molecule has 0 spiro atoms. The van der Waals surface area contributed by atoms with Gasteiger partial charge in [-0.2, -0.15) is 0 Å². The number of imidazole rings is 1. The summed E-state index contributed by atoms with van der Waals surface area (Å²) in [4.78, 5) is 23.8. The Balaban J connectivity index is 1.86. The highest BCUT2D eigenvalue weighted by molar-refractivity contribution is 6.10. The molecule has 1 aromatic heterocycles. The van der Waals surface area contributed by atoms with Crippen LogP contribution in [0.25, 0.3) is 11.0 Å². The Morgan fingerprint density at radius 2 is 2.33 bits per heavy atom. The van der Waals surface area contributed by atoms with Crippen molar-refractivity contribution in [1.29, 1.82) is 0 Å². The summed E-state index contributed by atoms with van der Waals surface area (Å²) >= 11 is 0. The van der Waals surface area contributed by atoms with Crippen LogP contribution in [0.1, 0.15) is 22.6 Å². The zero-order valence-electron chi connectivity index (χ0n) is 10.2. The van der Waals surface area contributed by atoms with Gasteiger partial charge in [0.05, 0.1) is 24.0 Å². The summed E-state index contributed by atoms with van der Waals surface area (Å²) in [6.07, 6.45) is 0.346. The van der Waals surface area contributed by atoms with Crippen molar-refractivity contribution in [3.8, 4) is 0 Å². The summed E-state index contributed by atoms with van der Waals surface area (Å²) in [5, 5.41) is 3.11. The molecule has 0 bridgehead atoms. The van der Waals surface area contributed by atoms with Gasteiger partial charge < -0.3 is 10.3 Å². The second-order valence-electron chi connectivity index (χ2n) is 4.41. The van der Waals surface area contributed by atoms with Gasteiger partial charge in [0.2, 0.25) is 0 Å². The number of aromatic nitrogens is 2. The Hall–Kier alpha value is -2.17. The molecule has 1 aromatic carbocycles. The van der Waals surface area contributed by atoms with E-state index in [2.05, 4.69) is 20.3 Å². The highest BCUT2D eigenvalue weighted by atomic mass is 16.1. The molecule has 18 heavy (non-hydrogen) atoms. The Labute approximate surface area is 104 Å². The van der Waals surface area contributed by atoms with Crippen LogP contribution in [0.15, 0.2) is 23.2 Å². The van der Waals surface area contributed by atoms with Crippen molar-refractivity contribution in [2.24, 2.45) is 4.99 Å². The van der Waals surface area contributed by atoms with Crippen molar-refractivity contribution in [3.05, 3.63) is 29.6 Å². The van der Waals surface area contributed by atoms with E-state index < -0.39 is 0 Å². The van der Waals surface area contributed by atoms with Gasteiger partial charge in [0, 0.05) is 12.1 Å². The van der Waals surface area contributed by atoms with Crippen LogP contribution in [-0.4, -0.2) is 34.7 Å². The van der Waals surface area contributed by atoms with Crippen molar-refractivity contribution in [1.82, 2.24) is 15.3 Å². The van der Waals surface area contributed by atoms with E-state index in [4.69, 9.17) is 0 Å². The number of nitrogens with zero attached hydrogens (tertiary/aromatic N) is 2. The van der Waals surface area contributed by atoms with Gasteiger partial charge in [-0.15, -0.1) is 0 Å². The topological polar surface area (TPSA) is 70.1 Å². The number of rotatable bonds is 3. The summed E-state index contributed by atoms with van der Waals surface area (Å²) in [6.45, 7) is 3.50. The molecular formula is C13H14N4O. The largest absolute Gasteiger partial charge is 0.372 e. The third-order valence-corrected chi connectivity index (χ3v) is 2.99. The number of carbonyl (C=O) groups is 1. The van der Waals surface area contributed by atoms with Gasteiger partial charge in [-0.25, -0.2) is 4.98 Å². The first-order valence-electron chi connectivity index (χ1n) is 5.99. The Bertz CT molecular complexity index is 641. The van der Waals surface area contributed by atoms with Crippen LogP contribution >= 0.6 is 0 Å². The van der Waals surface area contributed by atoms with Crippen molar-refractivity contribution in [2.45, 2.75) is 13.3 Å². The summed E-state index contributed by atoms with van der Waals surface area (Å²) < 4.78 is 0. The molecule has 0 radical (unpaired) electrons. The van der Waals surface area contributed by atoms with Crippen molar-refractivity contribution >= 4 is 22.7 Å². The molecule has 5 nitrogen and oxygen atoms in total. The Morgan fingerprint density at radius 3 is 3.11 bits per heavy atom.